The molecule has 0 heteroatoms. The van der Waals surface area contributed by atoms with Crippen molar-refractivity contribution in [3.8, 4) is 0 Å². The van der Waals surface area contributed by atoms with Gasteiger partial charge in [-0.05, 0) is 43.9 Å². The Bertz CT molecular complexity index is 165. The van der Waals surface area contributed by atoms with Gasteiger partial charge in [-0.3, -0.25) is 0 Å². The molecule has 0 saturated heterocycles. The van der Waals surface area contributed by atoms with Crippen molar-refractivity contribution in [2.24, 2.45) is 11.8 Å². The summed E-state index contributed by atoms with van der Waals surface area (Å²) in [5, 5.41) is 0. The van der Waals surface area contributed by atoms with E-state index in [2.05, 4.69) is 39.8 Å². The van der Waals surface area contributed by atoms with Gasteiger partial charge in [-0.25, -0.2) is 0 Å². The fourth-order valence-electron chi connectivity index (χ4n) is 2.38. The van der Waals surface area contributed by atoms with Gasteiger partial charge in [0.2, 0.25) is 0 Å². The minimum atomic E-state index is 0.831. The number of allylic oxidation sites excluding steroid dienone is 2. The van der Waals surface area contributed by atoms with E-state index in [1.165, 1.54) is 57.8 Å². The molecule has 102 valence electrons. The predicted octanol–water partition coefficient (Wildman–Crippen LogP) is 6.37. The van der Waals surface area contributed by atoms with E-state index < -0.39 is 0 Å². The molecule has 0 fully saturated rings. The van der Waals surface area contributed by atoms with E-state index in [0.717, 1.165) is 11.8 Å². The fourth-order valence-corrected chi connectivity index (χ4v) is 2.38. The van der Waals surface area contributed by atoms with Crippen LogP contribution in [-0.2, 0) is 0 Å². The van der Waals surface area contributed by atoms with Gasteiger partial charge in [0, 0.05) is 0 Å². The van der Waals surface area contributed by atoms with Crippen LogP contribution in [0, 0.1) is 11.8 Å². The van der Waals surface area contributed by atoms with Gasteiger partial charge in [0.15, 0.2) is 0 Å². The van der Waals surface area contributed by atoms with E-state index in [1.54, 1.807) is 0 Å². The van der Waals surface area contributed by atoms with Crippen LogP contribution in [-0.4, -0.2) is 0 Å². The lowest BCUT2D eigenvalue weighted by Crippen LogP contribution is -2.02. The van der Waals surface area contributed by atoms with Gasteiger partial charge in [-0.2, -0.15) is 0 Å². The summed E-state index contributed by atoms with van der Waals surface area (Å²) in [5.74, 6) is 1.79. The minimum Gasteiger partial charge on any atom is -0.0883 e. The average Bonchev–Trinajstić information content (AvgIpc) is 2.37. The lowest BCUT2D eigenvalue weighted by molar-refractivity contribution is 0.402. The Labute approximate surface area is 110 Å². The summed E-state index contributed by atoms with van der Waals surface area (Å²) < 4.78 is 0. The maximum atomic E-state index is 2.48. The third kappa shape index (κ3) is 9.44. The molecule has 17 heavy (non-hydrogen) atoms. The quantitative estimate of drug-likeness (QED) is 0.290. The summed E-state index contributed by atoms with van der Waals surface area (Å²) in [4.78, 5) is 0. The van der Waals surface area contributed by atoms with Gasteiger partial charge in [-0.1, -0.05) is 65.5 Å². The second kappa shape index (κ2) is 12.2. The fraction of sp³-hybridized carbons (Fsp3) is 0.882. The molecule has 0 aliphatic heterocycles. The summed E-state index contributed by atoms with van der Waals surface area (Å²) in [6.45, 7) is 9.26. The van der Waals surface area contributed by atoms with Gasteiger partial charge < -0.3 is 0 Å². The molecule has 0 aliphatic rings. The number of rotatable bonds is 11. The lowest BCUT2D eigenvalue weighted by Gasteiger charge is -2.15. The van der Waals surface area contributed by atoms with Gasteiger partial charge in [0.05, 0.1) is 0 Å². The molecule has 0 amide bonds. The van der Waals surface area contributed by atoms with Crippen LogP contribution in [0.1, 0.15) is 85.5 Å². The van der Waals surface area contributed by atoms with Crippen molar-refractivity contribution in [1.82, 2.24) is 0 Å². The average molecular weight is 238 g/mol. The molecular formula is C17H34. The highest BCUT2D eigenvalue weighted by molar-refractivity contribution is 4.88. The van der Waals surface area contributed by atoms with Crippen LogP contribution >= 0.6 is 0 Å². The number of unbranched alkanes of at least 4 members (excludes halogenated alkanes) is 3. The minimum absolute atomic E-state index is 0.831. The maximum Gasteiger partial charge on any atom is -0.0236 e. The van der Waals surface area contributed by atoms with Crippen molar-refractivity contribution in [3.05, 3.63) is 12.2 Å². The van der Waals surface area contributed by atoms with E-state index in [9.17, 15) is 0 Å². The molecule has 0 saturated carbocycles. The molecule has 0 aromatic rings. The first-order valence-electron chi connectivity index (χ1n) is 7.94. The zero-order chi connectivity index (χ0) is 12.9. The van der Waals surface area contributed by atoms with E-state index in [1.807, 2.05) is 0 Å². The van der Waals surface area contributed by atoms with Gasteiger partial charge in [0.25, 0.3) is 0 Å². The van der Waals surface area contributed by atoms with Crippen molar-refractivity contribution < 1.29 is 0 Å². The molecule has 0 N–H and O–H groups in total. The number of hydrogen-bond donors (Lipinski definition) is 0. The SMILES string of the molecule is CCCCCC=CC(CC)CCC(CC)CC. The van der Waals surface area contributed by atoms with Gasteiger partial charge >= 0.3 is 0 Å². The van der Waals surface area contributed by atoms with Crippen LogP contribution in [0.15, 0.2) is 12.2 Å². The summed E-state index contributed by atoms with van der Waals surface area (Å²) >= 11 is 0. The summed E-state index contributed by atoms with van der Waals surface area (Å²) in [5.41, 5.74) is 0. The molecule has 0 bridgehead atoms. The van der Waals surface area contributed by atoms with Crippen LogP contribution in [0.5, 0.6) is 0 Å². The first kappa shape index (κ1) is 16.7. The van der Waals surface area contributed by atoms with Crippen LogP contribution in [0.25, 0.3) is 0 Å². The molecule has 1 atom stereocenters. The lowest BCUT2D eigenvalue weighted by atomic mass is 9.90. The molecule has 0 rings (SSSR count). The normalized spacial score (nSPS) is 13.7. The molecule has 1 unspecified atom stereocenters. The highest BCUT2D eigenvalue weighted by atomic mass is 14.1. The molecule has 0 aromatic heterocycles. The van der Waals surface area contributed by atoms with Crippen LogP contribution in [0.3, 0.4) is 0 Å². The Balaban J connectivity index is 3.74. The molecular weight excluding hydrogens is 204 g/mol. The van der Waals surface area contributed by atoms with E-state index >= 15 is 0 Å². The summed E-state index contributed by atoms with van der Waals surface area (Å²) in [6.07, 6.45) is 17.1. The largest absolute Gasteiger partial charge is 0.0883 e. The second-order valence-corrected chi connectivity index (χ2v) is 5.35. The van der Waals surface area contributed by atoms with Crippen molar-refractivity contribution in [1.29, 1.82) is 0 Å². The molecule has 0 aromatic carbocycles. The van der Waals surface area contributed by atoms with E-state index in [-0.39, 0.29) is 0 Å². The van der Waals surface area contributed by atoms with Crippen molar-refractivity contribution in [2.45, 2.75) is 85.5 Å². The first-order chi connectivity index (χ1) is 8.28. The van der Waals surface area contributed by atoms with Crippen molar-refractivity contribution in [3.63, 3.8) is 0 Å². The van der Waals surface area contributed by atoms with Gasteiger partial charge in [-0.15, -0.1) is 0 Å². The Morgan fingerprint density at radius 1 is 0.824 bits per heavy atom. The van der Waals surface area contributed by atoms with E-state index in [4.69, 9.17) is 0 Å². The summed E-state index contributed by atoms with van der Waals surface area (Å²) in [7, 11) is 0. The molecule has 0 spiro atoms. The second-order valence-electron chi connectivity index (χ2n) is 5.35. The highest BCUT2D eigenvalue weighted by Gasteiger charge is 2.07. The monoisotopic (exact) mass is 238 g/mol. The van der Waals surface area contributed by atoms with Crippen LogP contribution < -0.4 is 0 Å². The third-order valence-electron chi connectivity index (χ3n) is 4.01. The first-order valence-corrected chi connectivity index (χ1v) is 7.94. The molecule has 0 aliphatic carbocycles. The zero-order valence-corrected chi connectivity index (χ0v) is 12.7. The predicted molar refractivity (Wildman–Crippen MR) is 80.4 cm³/mol. The topological polar surface area (TPSA) is 0 Å². The van der Waals surface area contributed by atoms with Gasteiger partial charge in [0.1, 0.15) is 0 Å². The van der Waals surface area contributed by atoms with E-state index in [0.29, 0.717) is 0 Å². The smallest absolute Gasteiger partial charge is 0.0236 e. The molecule has 0 heterocycles. The Hall–Kier alpha value is -0.260. The molecule has 0 radical (unpaired) electrons. The number of hydrogen-bond acceptors (Lipinski definition) is 0. The highest BCUT2D eigenvalue weighted by Crippen LogP contribution is 2.21. The Morgan fingerprint density at radius 2 is 1.53 bits per heavy atom. The summed E-state index contributed by atoms with van der Waals surface area (Å²) in [6, 6.07) is 0. The zero-order valence-electron chi connectivity index (χ0n) is 12.7. The standard InChI is InChI=1S/C17H34/c1-5-9-10-11-12-13-17(8-4)15-14-16(6-2)7-3/h12-13,16-17H,5-11,14-15H2,1-4H3. The van der Waals surface area contributed by atoms with Crippen molar-refractivity contribution >= 4 is 0 Å². The Morgan fingerprint density at radius 3 is 2.06 bits per heavy atom. The van der Waals surface area contributed by atoms with Crippen LogP contribution in [0.4, 0.5) is 0 Å². The van der Waals surface area contributed by atoms with Crippen LogP contribution in [0.2, 0.25) is 0 Å². The maximum absolute atomic E-state index is 2.48. The third-order valence-corrected chi connectivity index (χ3v) is 4.01. The van der Waals surface area contributed by atoms with Crippen molar-refractivity contribution in [2.75, 3.05) is 0 Å². The molecule has 0 nitrogen and oxygen atoms in total. The Kier molecular flexibility index (Phi) is 12.0.